The normalized spacial score (nSPS) is 18.1. The lowest BCUT2D eigenvalue weighted by Crippen LogP contribution is -2.27. The van der Waals surface area contributed by atoms with Crippen LogP contribution in [-0.2, 0) is 10.0 Å². The summed E-state index contributed by atoms with van der Waals surface area (Å²) >= 11 is 0.922. The van der Waals surface area contributed by atoms with Crippen LogP contribution < -0.4 is 9.46 Å². The lowest BCUT2D eigenvalue weighted by atomic mass is 9.77. The van der Waals surface area contributed by atoms with Crippen molar-refractivity contribution >= 4 is 33.0 Å². The number of benzene rings is 2. The molecule has 2 N–H and O–H groups in total. The summed E-state index contributed by atoms with van der Waals surface area (Å²) in [4.78, 5) is 15.2. The van der Waals surface area contributed by atoms with Crippen molar-refractivity contribution in [1.29, 1.82) is 0 Å². The highest BCUT2D eigenvalue weighted by Crippen LogP contribution is 2.44. The smallest absolute Gasteiger partial charge is 0.391 e. The number of aromatic carboxylic acids is 1. The number of carboxylic acid groups (broad SMARTS) is 1. The molecule has 0 spiro atoms. The number of alkyl halides is 3. The predicted octanol–water partition coefficient (Wildman–Crippen LogP) is 6.74. The lowest BCUT2D eigenvalue weighted by molar-refractivity contribution is -0.182. The van der Waals surface area contributed by atoms with Crippen LogP contribution in [0.1, 0.15) is 53.1 Å². The third kappa shape index (κ3) is 5.86. The van der Waals surface area contributed by atoms with Crippen LogP contribution in [0, 0.1) is 24.5 Å². The fourth-order valence-corrected chi connectivity index (χ4v) is 6.89. The molecule has 1 aromatic heterocycles. The molecular formula is C25H23F5N2O5S2. The van der Waals surface area contributed by atoms with Crippen molar-refractivity contribution in [2.45, 2.75) is 49.7 Å². The first-order chi connectivity index (χ1) is 18.2. The van der Waals surface area contributed by atoms with Crippen molar-refractivity contribution in [2.24, 2.45) is 5.92 Å². The van der Waals surface area contributed by atoms with E-state index in [-0.39, 0.29) is 53.6 Å². The summed E-state index contributed by atoms with van der Waals surface area (Å²) in [6, 6.07) is 4.58. The van der Waals surface area contributed by atoms with Crippen LogP contribution in [0.15, 0.2) is 34.7 Å². The number of methoxy groups -OCH3 is 1. The molecule has 1 aliphatic carbocycles. The van der Waals surface area contributed by atoms with Gasteiger partial charge in [-0.3, -0.25) is 4.72 Å². The highest BCUT2D eigenvalue weighted by atomic mass is 32.2. The number of ether oxygens (including phenoxy) is 1. The highest BCUT2D eigenvalue weighted by Gasteiger charge is 2.42. The number of nitrogens with zero attached hydrogens (tertiary/aromatic N) is 1. The minimum absolute atomic E-state index is 0.0666. The standard InChI is InChI=1S/C25H23F5N2O5S2/c1-12-15(7-8-16(22(12)27)13-3-5-14(6-4-13)25(28,29)30)23-31-21(11-38-23)39(35,36)32-19-10-18(26)17(24(33)34)9-20(19)37-2/h7-11,13-14,32H,3-6H2,1-2H3,(H,33,34). The average molecular weight is 591 g/mol. The number of anilines is 1. The van der Waals surface area contributed by atoms with E-state index in [4.69, 9.17) is 9.84 Å². The summed E-state index contributed by atoms with van der Waals surface area (Å²) in [5, 5.41) is 10.0. The molecule has 0 atom stereocenters. The number of nitrogens with one attached hydrogen (secondary N) is 1. The van der Waals surface area contributed by atoms with E-state index in [0.29, 0.717) is 17.2 Å². The Morgan fingerprint density at radius 1 is 1.15 bits per heavy atom. The molecule has 1 fully saturated rings. The third-order valence-electron chi connectivity index (χ3n) is 6.80. The van der Waals surface area contributed by atoms with Crippen molar-refractivity contribution in [1.82, 2.24) is 4.98 Å². The Hall–Kier alpha value is -3.26. The summed E-state index contributed by atoms with van der Waals surface area (Å²) in [5.74, 6) is -5.28. The quantitative estimate of drug-likeness (QED) is 0.295. The summed E-state index contributed by atoms with van der Waals surface area (Å²) < 4.78 is 101. The second kappa shape index (κ2) is 10.7. The molecule has 0 amide bonds. The average Bonchev–Trinajstić information content (AvgIpc) is 3.36. The molecule has 1 saturated carbocycles. The van der Waals surface area contributed by atoms with E-state index < -0.39 is 50.3 Å². The van der Waals surface area contributed by atoms with E-state index in [2.05, 4.69) is 9.71 Å². The number of carbonyl (C=O) groups is 1. The van der Waals surface area contributed by atoms with E-state index in [1.165, 1.54) is 18.4 Å². The lowest BCUT2D eigenvalue weighted by Gasteiger charge is -2.30. The van der Waals surface area contributed by atoms with Crippen LogP contribution in [0.2, 0.25) is 0 Å². The summed E-state index contributed by atoms with van der Waals surface area (Å²) in [6.07, 6.45) is -3.97. The van der Waals surface area contributed by atoms with Gasteiger partial charge in [0.1, 0.15) is 22.4 Å². The predicted molar refractivity (Wildman–Crippen MR) is 134 cm³/mol. The highest BCUT2D eigenvalue weighted by molar-refractivity contribution is 7.92. The van der Waals surface area contributed by atoms with Crippen LogP contribution in [-0.4, -0.2) is 37.8 Å². The van der Waals surface area contributed by atoms with Crippen LogP contribution in [0.5, 0.6) is 5.75 Å². The number of carboxylic acids is 1. The molecule has 7 nitrogen and oxygen atoms in total. The zero-order valence-corrected chi connectivity index (χ0v) is 22.2. The van der Waals surface area contributed by atoms with Gasteiger partial charge >= 0.3 is 12.1 Å². The van der Waals surface area contributed by atoms with Gasteiger partial charge in [0.25, 0.3) is 10.0 Å². The second-order valence-electron chi connectivity index (χ2n) is 9.17. The monoisotopic (exact) mass is 590 g/mol. The summed E-state index contributed by atoms with van der Waals surface area (Å²) in [5.41, 5.74) is -0.228. The number of halogens is 5. The van der Waals surface area contributed by atoms with Crippen molar-refractivity contribution < 1.29 is 45.0 Å². The SMILES string of the molecule is COc1cc(C(=O)O)c(F)cc1NS(=O)(=O)c1csc(-c2ccc(C3CCC(C(F)(F)F)CC3)c(F)c2C)n1. The first-order valence-electron chi connectivity index (χ1n) is 11.7. The van der Waals surface area contributed by atoms with Crippen LogP contribution in [0.25, 0.3) is 10.6 Å². The molecule has 3 aromatic rings. The number of thiazole rings is 1. The maximum atomic E-state index is 15.3. The first kappa shape index (κ1) is 28.7. The molecule has 0 radical (unpaired) electrons. The maximum absolute atomic E-state index is 15.3. The summed E-state index contributed by atoms with van der Waals surface area (Å²) in [6.45, 7) is 1.49. The van der Waals surface area contributed by atoms with Gasteiger partial charge in [-0.05, 0) is 55.7 Å². The van der Waals surface area contributed by atoms with Crippen LogP contribution >= 0.6 is 11.3 Å². The molecule has 14 heteroatoms. The Labute approximate surface area is 224 Å². The van der Waals surface area contributed by atoms with Gasteiger partial charge in [-0.15, -0.1) is 11.3 Å². The number of hydrogen-bond acceptors (Lipinski definition) is 6. The summed E-state index contributed by atoms with van der Waals surface area (Å²) in [7, 11) is -3.23. The molecule has 0 unspecified atom stereocenters. The number of sulfonamides is 1. The van der Waals surface area contributed by atoms with E-state index in [1.54, 1.807) is 6.07 Å². The van der Waals surface area contributed by atoms with E-state index >= 15 is 4.39 Å². The van der Waals surface area contributed by atoms with Crippen LogP contribution in [0.4, 0.5) is 27.6 Å². The third-order valence-corrected chi connectivity index (χ3v) is 9.07. The Kier molecular flexibility index (Phi) is 7.90. The van der Waals surface area contributed by atoms with Gasteiger partial charge < -0.3 is 9.84 Å². The van der Waals surface area contributed by atoms with Gasteiger partial charge in [0.05, 0.1) is 24.3 Å². The molecule has 1 aliphatic rings. The van der Waals surface area contributed by atoms with E-state index in [9.17, 15) is 30.8 Å². The maximum Gasteiger partial charge on any atom is 0.391 e. The minimum Gasteiger partial charge on any atom is -0.495 e. The topological polar surface area (TPSA) is 106 Å². The zero-order chi connectivity index (χ0) is 28.7. The number of hydrogen-bond donors (Lipinski definition) is 2. The Balaban J connectivity index is 1.57. The molecule has 0 aliphatic heterocycles. The molecule has 39 heavy (non-hydrogen) atoms. The van der Waals surface area contributed by atoms with Crippen LogP contribution in [0.3, 0.4) is 0 Å². The van der Waals surface area contributed by atoms with Gasteiger partial charge in [0.2, 0.25) is 0 Å². The molecule has 0 saturated heterocycles. The molecule has 210 valence electrons. The second-order valence-corrected chi connectivity index (χ2v) is 11.7. The molecule has 4 rings (SSSR count). The van der Waals surface area contributed by atoms with Crippen molar-refractivity contribution in [3.63, 3.8) is 0 Å². The van der Waals surface area contributed by atoms with Gasteiger partial charge in [0, 0.05) is 17.0 Å². The van der Waals surface area contributed by atoms with Gasteiger partial charge in [-0.25, -0.2) is 18.6 Å². The van der Waals surface area contributed by atoms with Gasteiger partial charge in [0.15, 0.2) is 5.03 Å². The molecule has 0 bridgehead atoms. The van der Waals surface area contributed by atoms with Crippen molar-refractivity contribution in [3.05, 3.63) is 58.0 Å². The van der Waals surface area contributed by atoms with E-state index in [1.807, 2.05) is 0 Å². The molecular weight excluding hydrogens is 567 g/mol. The van der Waals surface area contributed by atoms with Crippen molar-refractivity contribution in [2.75, 3.05) is 11.8 Å². The van der Waals surface area contributed by atoms with Gasteiger partial charge in [-0.1, -0.05) is 12.1 Å². The number of rotatable bonds is 7. The van der Waals surface area contributed by atoms with Crippen molar-refractivity contribution in [3.8, 4) is 16.3 Å². The zero-order valence-electron chi connectivity index (χ0n) is 20.6. The fourth-order valence-electron chi connectivity index (χ4n) is 4.65. The Morgan fingerprint density at radius 3 is 2.41 bits per heavy atom. The number of aromatic nitrogens is 1. The fraction of sp³-hybridized carbons (Fsp3) is 0.360. The Morgan fingerprint density at radius 2 is 1.82 bits per heavy atom. The molecule has 1 heterocycles. The largest absolute Gasteiger partial charge is 0.495 e. The first-order valence-corrected chi connectivity index (χ1v) is 14.0. The molecule has 2 aromatic carbocycles. The van der Waals surface area contributed by atoms with Gasteiger partial charge in [-0.2, -0.15) is 21.6 Å². The Bertz CT molecular complexity index is 1510. The van der Waals surface area contributed by atoms with E-state index in [0.717, 1.165) is 24.5 Å². The minimum atomic E-state index is -4.38.